The van der Waals surface area contributed by atoms with E-state index >= 15 is 0 Å². The van der Waals surface area contributed by atoms with Crippen molar-refractivity contribution in [3.05, 3.63) is 83.4 Å². The lowest BCUT2D eigenvalue weighted by Crippen LogP contribution is -2.09. The Labute approximate surface area is 177 Å². The maximum Gasteiger partial charge on any atom is 0.586 e. The molecule has 0 fully saturated rings. The average Bonchev–Trinajstić information content (AvgIpc) is 3.29. The normalized spacial score (nSPS) is 14.1. The molecule has 1 aliphatic heterocycles. The number of aromatic amines is 1. The van der Waals surface area contributed by atoms with Crippen LogP contribution in [0, 0.1) is 6.92 Å². The molecule has 0 atom stereocenters. The Morgan fingerprint density at radius 1 is 1.23 bits per heavy atom. The van der Waals surface area contributed by atoms with Gasteiger partial charge in [0.05, 0.1) is 5.69 Å². The van der Waals surface area contributed by atoms with E-state index in [0.29, 0.717) is 13.2 Å². The number of nitrogens with zero attached hydrogens (tertiary/aromatic N) is 1. The molecule has 156 valence electrons. The van der Waals surface area contributed by atoms with Crippen molar-refractivity contribution in [3.63, 3.8) is 0 Å². The second-order valence-electron chi connectivity index (χ2n) is 6.60. The predicted octanol–water partition coefficient (Wildman–Crippen LogP) is 4.16. The molecule has 1 aliphatic rings. The van der Waals surface area contributed by atoms with Crippen LogP contribution in [0.1, 0.15) is 28.9 Å². The minimum absolute atomic E-state index is 0. The number of nitrogens with two attached hydrogens (primary N) is 1. The zero-order valence-electron chi connectivity index (χ0n) is 17.0. The van der Waals surface area contributed by atoms with Crippen LogP contribution in [-0.2, 0) is 0 Å². The number of aryl methyl sites for hydroxylation is 1. The fourth-order valence-corrected chi connectivity index (χ4v) is 3.18. The van der Waals surface area contributed by atoms with Gasteiger partial charge in [0.1, 0.15) is 18.6 Å². The number of rotatable bonds is 8. The van der Waals surface area contributed by atoms with Gasteiger partial charge in [0.15, 0.2) is 5.70 Å². The molecule has 0 bridgehead atoms. The summed E-state index contributed by atoms with van der Waals surface area (Å²) in [5.74, 6) is 0.834. The molecule has 0 saturated heterocycles. The number of H-pyrrole nitrogens is 1. The van der Waals surface area contributed by atoms with Crippen molar-refractivity contribution in [2.75, 3.05) is 13.2 Å². The Morgan fingerprint density at radius 3 is 2.57 bits per heavy atom. The zero-order chi connectivity index (χ0) is 19.9. The summed E-state index contributed by atoms with van der Waals surface area (Å²) < 4.78 is 7.15. The SMILES string of the molecule is F.F.[B][N+]1=CC=CC1=C(CCN)c1[nH]c(/C=C/c2ccc(OCC=C)cc2)cc1C. The van der Waals surface area contributed by atoms with Crippen LogP contribution in [0.25, 0.3) is 17.7 Å². The minimum atomic E-state index is 0. The van der Waals surface area contributed by atoms with E-state index in [4.69, 9.17) is 18.5 Å². The lowest BCUT2D eigenvalue weighted by molar-refractivity contribution is -0.294. The third-order valence-electron chi connectivity index (χ3n) is 4.52. The van der Waals surface area contributed by atoms with E-state index in [1.54, 1.807) is 10.6 Å². The standard InChI is InChI=1S/C23H25BN3O.2FH/c1-3-15-28-20-10-7-18(8-11-20)6-9-19-16-17(2)23(26-19)21(12-13-25)22-5-4-14-27(22)24;;/h3-11,14,16,26H,1,12-13,15,25H2,2H3;2*1H/q+1;;/b9-6+;;. The first-order valence-corrected chi connectivity index (χ1v) is 9.33. The van der Waals surface area contributed by atoms with Crippen molar-refractivity contribution < 1.29 is 18.6 Å². The molecule has 0 spiro atoms. The summed E-state index contributed by atoms with van der Waals surface area (Å²) in [5.41, 5.74) is 12.3. The van der Waals surface area contributed by atoms with E-state index in [1.807, 2.05) is 42.6 Å². The van der Waals surface area contributed by atoms with E-state index in [9.17, 15) is 0 Å². The van der Waals surface area contributed by atoms with E-state index in [1.165, 1.54) is 0 Å². The highest BCUT2D eigenvalue weighted by Crippen LogP contribution is 2.27. The van der Waals surface area contributed by atoms with Crippen molar-refractivity contribution in [1.29, 1.82) is 0 Å². The van der Waals surface area contributed by atoms with Gasteiger partial charge in [-0.3, -0.25) is 13.9 Å². The van der Waals surface area contributed by atoms with Gasteiger partial charge in [-0.1, -0.05) is 30.9 Å². The van der Waals surface area contributed by atoms with E-state index in [0.717, 1.165) is 46.0 Å². The fraction of sp³-hybridized carbons (Fsp3) is 0.174. The van der Waals surface area contributed by atoms with Crippen LogP contribution in [0.3, 0.4) is 0 Å². The molecule has 2 aromatic rings. The Hall–Kier alpha value is -3.19. The molecule has 1 aromatic heterocycles. The molecular weight excluding hydrogens is 383 g/mol. The lowest BCUT2D eigenvalue weighted by atomic mass is 10.0. The van der Waals surface area contributed by atoms with Gasteiger partial charge >= 0.3 is 7.98 Å². The first-order chi connectivity index (χ1) is 13.6. The Bertz CT molecular complexity index is 973. The highest BCUT2D eigenvalue weighted by Gasteiger charge is 2.20. The van der Waals surface area contributed by atoms with E-state index in [-0.39, 0.29) is 9.41 Å². The quantitative estimate of drug-likeness (QED) is 0.507. The summed E-state index contributed by atoms with van der Waals surface area (Å²) in [6.07, 6.45) is 12.4. The molecule has 2 radical (unpaired) electrons. The number of hydrogen-bond acceptors (Lipinski definition) is 2. The number of ether oxygens (including phenoxy) is 1. The van der Waals surface area contributed by atoms with Gasteiger partial charge < -0.3 is 15.5 Å². The molecule has 0 amide bonds. The van der Waals surface area contributed by atoms with Crippen LogP contribution in [0.2, 0.25) is 0 Å². The third kappa shape index (κ3) is 5.91. The first kappa shape index (κ1) is 24.9. The van der Waals surface area contributed by atoms with Crippen LogP contribution < -0.4 is 10.5 Å². The average molecular weight is 410 g/mol. The van der Waals surface area contributed by atoms with E-state index < -0.39 is 0 Å². The predicted molar refractivity (Wildman–Crippen MR) is 123 cm³/mol. The molecule has 0 aliphatic carbocycles. The Kier molecular flexibility index (Phi) is 9.72. The molecular formula is C23H27BF2N3O+. The molecule has 2 heterocycles. The van der Waals surface area contributed by atoms with Crippen molar-refractivity contribution >= 4 is 31.9 Å². The number of nitrogens with one attached hydrogen (secondary N) is 1. The highest BCUT2D eigenvalue weighted by molar-refractivity contribution is 6.01. The summed E-state index contributed by atoms with van der Waals surface area (Å²) in [6.45, 7) is 6.81. The van der Waals surface area contributed by atoms with Gasteiger partial charge in [-0.05, 0) is 55.3 Å². The number of benzene rings is 1. The van der Waals surface area contributed by atoms with Gasteiger partial charge in [-0.2, -0.15) is 0 Å². The topological polar surface area (TPSA) is 54.0 Å². The zero-order valence-corrected chi connectivity index (χ0v) is 17.0. The first-order valence-electron chi connectivity index (χ1n) is 9.33. The van der Waals surface area contributed by atoms with Crippen LogP contribution >= 0.6 is 0 Å². The second kappa shape index (κ2) is 11.7. The maximum atomic E-state index is 6.05. The molecule has 0 saturated carbocycles. The summed E-state index contributed by atoms with van der Waals surface area (Å²) in [7, 11) is 6.05. The molecule has 30 heavy (non-hydrogen) atoms. The van der Waals surface area contributed by atoms with Crippen LogP contribution in [0.4, 0.5) is 9.41 Å². The minimum Gasteiger partial charge on any atom is -0.490 e. The number of halogens is 2. The van der Waals surface area contributed by atoms with Crippen molar-refractivity contribution in [2.45, 2.75) is 13.3 Å². The molecule has 3 rings (SSSR count). The van der Waals surface area contributed by atoms with Crippen LogP contribution in [-0.4, -0.2) is 36.8 Å². The van der Waals surface area contributed by atoms with Gasteiger partial charge in [-0.15, -0.1) is 0 Å². The largest absolute Gasteiger partial charge is 0.586 e. The number of hydrogen-bond donors (Lipinski definition) is 2. The van der Waals surface area contributed by atoms with Gasteiger partial charge in [0.2, 0.25) is 0 Å². The Morgan fingerprint density at radius 2 is 1.97 bits per heavy atom. The lowest BCUT2D eigenvalue weighted by Gasteiger charge is -2.07. The van der Waals surface area contributed by atoms with Gasteiger partial charge in [-0.25, -0.2) is 0 Å². The smallest absolute Gasteiger partial charge is 0.490 e. The number of allylic oxidation sites excluding steroid dienone is 2. The van der Waals surface area contributed by atoms with Gasteiger partial charge in [0.25, 0.3) is 0 Å². The second-order valence-corrected chi connectivity index (χ2v) is 6.60. The molecule has 0 unspecified atom stereocenters. The summed E-state index contributed by atoms with van der Waals surface area (Å²) >= 11 is 0. The Balaban J connectivity index is 0.00000225. The molecule has 7 heteroatoms. The fourth-order valence-electron chi connectivity index (χ4n) is 3.18. The molecule has 3 N–H and O–H groups in total. The van der Waals surface area contributed by atoms with Crippen LogP contribution in [0.15, 0.2) is 60.8 Å². The monoisotopic (exact) mass is 410 g/mol. The van der Waals surface area contributed by atoms with Crippen molar-refractivity contribution in [3.8, 4) is 5.75 Å². The van der Waals surface area contributed by atoms with Gasteiger partial charge in [0, 0.05) is 23.4 Å². The summed E-state index contributed by atoms with van der Waals surface area (Å²) in [6, 6.07) is 10.1. The third-order valence-corrected chi connectivity index (χ3v) is 4.52. The summed E-state index contributed by atoms with van der Waals surface area (Å²) in [5, 5.41) is 0. The van der Waals surface area contributed by atoms with Crippen LogP contribution in [0.5, 0.6) is 5.75 Å². The molecule has 4 nitrogen and oxygen atoms in total. The number of aromatic nitrogens is 1. The van der Waals surface area contributed by atoms with E-state index in [2.05, 4.69) is 36.7 Å². The van der Waals surface area contributed by atoms with Crippen molar-refractivity contribution in [2.24, 2.45) is 5.73 Å². The maximum absolute atomic E-state index is 6.05. The summed E-state index contributed by atoms with van der Waals surface area (Å²) in [4.78, 5) is 3.51. The van der Waals surface area contributed by atoms with Crippen molar-refractivity contribution in [1.82, 2.24) is 4.98 Å². The highest BCUT2D eigenvalue weighted by atomic mass is 19.0. The molecule has 1 aromatic carbocycles.